The number of rotatable bonds is 9. The number of benzene rings is 1. The molecule has 3 aromatic heterocycles. The third-order valence-corrected chi connectivity index (χ3v) is 5.89. The first-order valence-electron chi connectivity index (χ1n) is 10.4. The van der Waals surface area contributed by atoms with Gasteiger partial charge in [0.1, 0.15) is 11.6 Å². The lowest BCUT2D eigenvalue weighted by molar-refractivity contribution is -0.123. The Balaban J connectivity index is 1.25. The van der Waals surface area contributed by atoms with Gasteiger partial charge < -0.3 is 10.3 Å². The van der Waals surface area contributed by atoms with Gasteiger partial charge in [0.15, 0.2) is 5.65 Å². The number of hydrogen-bond acceptors (Lipinski definition) is 6. The number of carbonyl (C=O) groups is 1. The zero-order chi connectivity index (χ0) is 23.3. The number of nitrogens with zero attached hydrogens (tertiary/aromatic N) is 4. The maximum absolute atomic E-state index is 12.2. The average Bonchev–Trinajstić information content (AvgIpc) is 3.41. The van der Waals surface area contributed by atoms with E-state index in [-0.39, 0.29) is 5.01 Å². The van der Waals surface area contributed by atoms with Crippen molar-refractivity contribution < 1.29 is 18.0 Å². The number of fused-ring (bicyclic) bond motifs is 1. The lowest BCUT2D eigenvalue weighted by Gasteiger charge is -2.05. The van der Waals surface area contributed by atoms with E-state index < -0.39 is 18.6 Å². The topological polar surface area (TPSA) is 96.5 Å². The van der Waals surface area contributed by atoms with E-state index >= 15 is 0 Å². The summed E-state index contributed by atoms with van der Waals surface area (Å²) in [5.41, 5.74) is 3.94. The Hall–Kier alpha value is -3.34. The van der Waals surface area contributed by atoms with E-state index in [1.54, 1.807) is 5.32 Å². The molecule has 7 nitrogen and oxygen atoms in total. The molecule has 0 unspecified atom stereocenters. The van der Waals surface area contributed by atoms with Gasteiger partial charge in [-0.2, -0.15) is 18.3 Å². The number of aryl methyl sites for hydroxylation is 2. The number of amides is 1. The van der Waals surface area contributed by atoms with Crippen molar-refractivity contribution >= 4 is 28.3 Å². The number of carbonyl (C=O) groups excluding carboxylic acids is 1. The summed E-state index contributed by atoms with van der Waals surface area (Å²) in [6.07, 6.45) is -0.726. The fourth-order valence-electron chi connectivity index (χ4n) is 3.35. The summed E-state index contributed by atoms with van der Waals surface area (Å²) in [6, 6.07) is 14.3. The smallest absolute Gasteiger partial charge is 0.341 e. The second-order valence-corrected chi connectivity index (χ2v) is 8.66. The van der Waals surface area contributed by atoms with E-state index in [0.717, 1.165) is 59.4 Å². The van der Waals surface area contributed by atoms with Crippen molar-refractivity contribution in [3.63, 3.8) is 0 Å². The Morgan fingerprint density at radius 2 is 1.79 bits per heavy atom. The van der Waals surface area contributed by atoms with E-state index in [9.17, 15) is 18.0 Å². The lowest BCUT2D eigenvalue weighted by Crippen LogP contribution is -2.33. The number of nitrogens with one attached hydrogen (secondary N) is 2. The lowest BCUT2D eigenvalue weighted by atomic mass is 10.1. The van der Waals surface area contributed by atoms with Gasteiger partial charge in [-0.25, -0.2) is 0 Å². The molecule has 2 N–H and O–H groups in total. The summed E-state index contributed by atoms with van der Waals surface area (Å²) in [6.45, 7) is -1.39. The second-order valence-electron chi connectivity index (χ2n) is 7.60. The van der Waals surface area contributed by atoms with Gasteiger partial charge in [-0.15, -0.1) is 15.3 Å². The highest BCUT2D eigenvalue weighted by Gasteiger charge is 2.28. The number of aromatic amines is 1. The SMILES string of the molecule is O=C(NCC(F)(F)F)c1nnc(CCCCc2cc3cc(Cc4ccccc4)[nH]c3nn2)s1. The highest BCUT2D eigenvalue weighted by Crippen LogP contribution is 2.18. The first-order valence-corrected chi connectivity index (χ1v) is 11.2. The van der Waals surface area contributed by atoms with Crippen LogP contribution in [0.5, 0.6) is 0 Å². The third kappa shape index (κ3) is 6.58. The zero-order valence-corrected chi connectivity index (χ0v) is 18.3. The molecule has 0 saturated carbocycles. The molecule has 0 bridgehead atoms. The van der Waals surface area contributed by atoms with Gasteiger partial charge in [-0.05, 0) is 37.0 Å². The number of hydrogen-bond donors (Lipinski definition) is 2. The predicted octanol–water partition coefficient (Wildman–Crippen LogP) is 4.26. The molecule has 0 aliphatic carbocycles. The van der Waals surface area contributed by atoms with Crippen LogP contribution in [0.2, 0.25) is 0 Å². The summed E-state index contributed by atoms with van der Waals surface area (Å²) in [5.74, 6) is -0.863. The van der Waals surface area contributed by atoms with Crippen LogP contribution in [0.25, 0.3) is 11.0 Å². The second kappa shape index (κ2) is 10.1. The van der Waals surface area contributed by atoms with Crippen molar-refractivity contribution in [2.24, 2.45) is 0 Å². The number of alkyl halides is 3. The van der Waals surface area contributed by atoms with Crippen LogP contribution in [0.3, 0.4) is 0 Å². The Kier molecular flexibility index (Phi) is 6.97. The molecule has 0 aliphatic rings. The molecule has 0 aliphatic heterocycles. The fraction of sp³-hybridized carbons (Fsp3) is 0.318. The van der Waals surface area contributed by atoms with Gasteiger partial charge in [0.25, 0.3) is 5.91 Å². The fourth-order valence-corrected chi connectivity index (χ4v) is 4.15. The van der Waals surface area contributed by atoms with Gasteiger partial charge >= 0.3 is 6.18 Å². The maximum Gasteiger partial charge on any atom is 0.405 e. The van der Waals surface area contributed by atoms with E-state index in [1.807, 2.05) is 24.3 Å². The van der Waals surface area contributed by atoms with Crippen molar-refractivity contribution in [1.82, 2.24) is 30.7 Å². The number of unbranched alkanes of at least 4 members (excludes halogenated alkanes) is 1. The molecule has 0 saturated heterocycles. The van der Waals surface area contributed by atoms with Crippen molar-refractivity contribution in [2.75, 3.05) is 6.54 Å². The molecule has 33 heavy (non-hydrogen) atoms. The van der Waals surface area contributed by atoms with Crippen LogP contribution in [0, 0.1) is 0 Å². The van der Waals surface area contributed by atoms with Crippen LogP contribution in [0.4, 0.5) is 13.2 Å². The van der Waals surface area contributed by atoms with Gasteiger partial charge in [0.05, 0.1) is 5.69 Å². The molecule has 3 heterocycles. The third-order valence-electron chi connectivity index (χ3n) is 4.90. The Bertz CT molecular complexity index is 1220. The molecule has 11 heteroatoms. The Morgan fingerprint density at radius 3 is 2.58 bits per heavy atom. The van der Waals surface area contributed by atoms with Crippen LogP contribution in [0.1, 0.15) is 44.6 Å². The summed E-state index contributed by atoms with van der Waals surface area (Å²) in [7, 11) is 0. The molecule has 0 atom stereocenters. The summed E-state index contributed by atoms with van der Waals surface area (Å²) < 4.78 is 36.6. The first kappa shape index (κ1) is 22.8. The maximum atomic E-state index is 12.2. The highest BCUT2D eigenvalue weighted by atomic mass is 32.1. The molecular weight excluding hydrogens is 453 g/mol. The van der Waals surface area contributed by atoms with Gasteiger partial charge in [0.2, 0.25) is 5.01 Å². The van der Waals surface area contributed by atoms with E-state index in [4.69, 9.17) is 0 Å². The number of H-pyrrole nitrogens is 1. The largest absolute Gasteiger partial charge is 0.405 e. The highest BCUT2D eigenvalue weighted by molar-refractivity contribution is 7.13. The summed E-state index contributed by atoms with van der Waals surface area (Å²) in [5, 5.41) is 19.5. The van der Waals surface area contributed by atoms with Crippen LogP contribution < -0.4 is 5.32 Å². The Morgan fingerprint density at radius 1 is 1.00 bits per heavy atom. The molecule has 0 fully saturated rings. The van der Waals surface area contributed by atoms with Crippen LogP contribution >= 0.6 is 11.3 Å². The molecule has 1 amide bonds. The molecule has 0 spiro atoms. The van der Waals surface area contributed by atoms with Crippen molar-refractivity contribution in [3.05, 3.63) is 69.4 Å². The van der Waals surface area contributed by atoms with Crippen molar-refractivity contribution in [2.45, 2.75) is 38.3 Å². The van der Waals surface area contributed by atoms with Crippen LogP contribution in [-0.2, 0) is 19.3 Å². The van der Waals surface area contributed by atoms with E-state index in [0.29, 0.717) is 11.4 Å². The van der Waals surface area contributed by atoms with Crippen LogP contribution in [-0.4, -0.2) is 44.0 Å². The zero-order valence-electron chi connectivity index (χ0n) is 17.5. The van der Waals surface area contributed by atoms with Gasteiger partial charge in [-0.1, -0.05) is 41.7 Å². The molecule has 4 rings (SSSR count). The van der Waals surface area contributed by atoms with Gasteiger partial charge in [-0.3, -0.25) is 4.79 Å². The minimum atomic E-state index is -4.46. The molecular formula is C22H21F3N6OS. The average molecular weight is 475 g/mol. The van der Waals surface area contributed by atoms with Crippen LogP contribution in [0.15, 0.2) is 42.5 Å². The number of aromatic nitrogens is 5. The minimum Gasteiger partial charge on any atom is -0.341 e. The molecule has 4 aromatic rings. The standard InChI is InChI=1S/C22H21F3N6OS/c23-22(24,25)13-26-20(32)21-31-29-18(33-21)9-5-4-8-16-11-15-12-17(27-19(15)30-28-16)10-14-6-2-1-3-7-14/h1-3,6-7,11-12H,4-5,8-10,13H2,(H,26,32)(H,27,30). The first-order chi connectivity index (χ1) is 15.9. The summed E-state index contributed by atoms with van der Waals surface area (Å²) in [4.78, 5) is 15.0. The van der Waals surface area contributed by atoms with E-state index in [1.165, 1.54) is 5.56 Å². The molecule has 1 aromatic carbocycles. The monoisotopic (exact) mass is 474 g/mol. The quantitative estimate of drug-likeness (QED) is 0.354. The summed E-state index contributed by atoms with van der Waals surface area (Å²) >= 11 is 1.01. The van der Waals surface area contributed by atoms with E-state index in [2.05, 4.69) is 43.6 Å². The normalized spacial score (nSPS) is 11.7. The molecule has 172 valence electrons. The molecule has 0 radical (unpaired) electrons. The minimum absolute atomic E-state index is 0.0654. The van der Waals surface area contributed by atoms with Crippen molar-refractivity contribution in [1.29, 1.82) is 0 Å². The van der Waals surface area contributed by atoms with Gasteiger partial charge in [0, 0.05) is 23.9 Å². The predicted molar refractivity (Wildman–Crippen MR) is 118 cm³/mol. The Labute approximate surface area is 191 Å². The van der Waals surface area contributed by atoms with Crippen molar-refractivity contribution in [3.8, 4) is 0 Å². The number of halogens is 3.